The molecule has 2 nitrogen and oxygen atoms in total. The molecule has 1 rings (SSSR count). The van der Waals surface area contributed by atoms with Crippen LogP contribution in [0.25, 0.3) is 0 Å². The van der Waals surface area contributed by atoms with Gasteiger partial charge in [-0.2, -0.15) is 0 Å². The molecule has 15 heavy (non-hydrogen) atoms. The first-order valence-corrected chi connectivity index (χ1v) is 6.43. The van der Waals surface area contributed by atoms with Gasteiger partial charge in [-0.15, -0.1) is 0 Å². The highest BCUT2D eigenvalue weighted by molar-refractivity contribution is 5.84. The van der Waals surface area contributed by atoms with E-state index in [1.807, 2.05) is 4.90 Å². The lowest BCUT2D eigenvalue weighted by atomic mass is 9.79. The standard InChI is InChI=1S/C13H25NO/c1-4-6-7-9-13(3,8-5-2)12(15)14-10-11-14/h4-11H2,1-3H3. The summed E-state index contributed by atoms with van der Waals surface area (Å²) in [6, 6.07) is 0. The highest BCUT2D eigenvalue weighted by Gasteiger charge is 2.39. The molecule has 0 radical (unpaired) electrons. The van der Waals surface area contributed by atoms with Crippen molar-refractivity contribution in [3.05, 3.63) is 0 Å². The van der Waals surface area contributed by atoms with Gasteiger partial charge < -0.3 is 4.90 Å². The van der Waals surface area contributed by atoms with Crippen LogP contribution in [0.4, 0.5) is 0 Å². The zero-order chi connectivity index (χ0) is 11.3. The minimum Gasteiger partial charge on any atom is -0.339 e. The van der Waals surface area contributed by atoms with Crippen LogP contribution in [-0.4, -0.2) is 23.9 Å². The van der Waals surface area contributed by atoms with Crippen molar-refractivity contribution in [2.24, 2.45) is 5.41 Å². The lowest BCUT2D eigenvalue weighted by Crippen LogP contribution is -2.33. The molecule has 0 aromatic carbocycles. The first-order valence-electron chi connectivity index (χ1n) is 6.43. The number of hydrogen-bond donors (Lipinski definition) is 0. The maximum absolute atomic E-state index is 12.1. The molecular formula is C13H25NO. The predicted molar refractivity (Wildman–Crippen MR) is 63.7 cm³/mol. The minimum atomic E-state index is -0.0690. The lowest BCUT2D eigenvalue weighted by molar-refractivity contribution is -0.136. The van der Waals surface area contributed by atoms with Gasteiger partial charge in [-0.1, -0.05) is 46.5 Å². The summed E-state index contributed by atoms with van der Waals surface area (Å²) in [7, 11) is 0. The van der Waals surface area contributed by atoms with Crippen molar-refractivity contribution >= 4 is 5.91 Å². The molecule has 1 heterocycles. The van der Waals surface area contributed by atoms with Gasteiger partial charge in [-0.3, -0.25) is 4.79 Å². The molecule has 0 saturated carbocycles. The molecule has 2 heteroatoms. The Morgan fingerprint density at radius 1 is 1.13 bits per heavy atom. The molecule has 1 saturated heterocycles. The topological polar surface area (TPSA) is 20.1 Å². The van der Waals surface area contributed by atoms with Crippen molar-refractivity contribution < 1.29 is 4.79 Å². The number of hydrogen-bond acceptors (Lipinski definition) is 1. The maximum atomic E-state index is 12.1. The van der Waals surface area contributed by atoms with Gasteiger partial charge >= 0.3 is 0 Å². The van der Waals surface area contributed by atoms with E-state index in [0.717, 1.165) is 32.4 Å². The molecule has 0 aliphatic carbocycles. The Balaban J connectivity index is 2.47. The van der Waals surface area contributed by atoms with Crippen LogP contribution in [0.2, 0.25) is 0 Å². The van der Waals surface area contributed by atoms with E-state index in [0.29, 0.717) is 5.91 Å². The molecule has 0 aromatic heterocycles. The van der Waals surface area contributed by atoms with Crippen LogP contribution in [0.15, 0.2) is 0 Å². The summed E-state index contributed by atoms with van der Waals surface area (Å²) in [6.07, 6.45) is 6.93. The smallest absolute Gasteiger partial charge is 0.228 e. The molecule has 1 aliphatic heterocycles. The van der Waals surface area contributed by atoms with Crippen LogP contribution in [0.5, 0.6) is 0 Å². The summed E-state index contributed by atoms with van der Waals surface area (Å²) in [5.74, 6) is 0.403. The van der Waals surface area contributed by atoms with E-state index >= 15 is 0 Å². The third kappa shape index (κ3) is 3.51. The van der Waals surface area contributed by atoms with Gasteiger partial charge in [0.25, 0.3) is 0 Å². The van der Waals surface area contributed by atoms with Crippen LogP contribution in [-0.2, 0) is 4.79 Å². The third-order valence-corrected chi connectivity index (χ3v) is 3.38. The Morgan fingerprint density at radius 2 is 1.80 bits per heavy atom. The maximum Gasteiger partial charge on any atom is 0.228 e. The Labute approximate surface area is 94.0 Å². The summed E-state index contributed by atoms with van der Waals surface area (Å²) in [4.78, 5) is 14.1. The first-order chi connectivity index (χ1) is 7.14. The van der Waals surface area contributed by atoms with Crippen molar-refractivity contribution in [1.29, 1.82) is 0 Å². The molecule has 1 fully saturated rings. The lowest BCUT2D eigenvalue weighted by Gasteiger charge is -2.28. The van der Waals surface area contributed by atoms with E-state index in [1.54, 1.807) is 0 Å². The average Bonchev–Trinajstić information content (AvgIpc) is 3.01. The Morgan fingerprint density at radius 3 is 2.27 bits per heavy atom. The summed E-state index contributed by atoms with van der Waals surface area (Å²) < 4.78 is 0. The SMILES string of the molecule is CCCCCC(C)(CCC)C(=O)N1CC1. The van der Waals surface area contributed by atoms with Crippen molar-refractivity contribution in [2.75, 3.05) is 13.1 Å². The van der Waals surface area contributed by atoms with Crippen LogP contribution >= 0.6 is 0 Å². The molecule has 1 unspecified atom stereocenters. The second-order valence-corrected chi connectivity index (χ2v) is 5.06. The second-order valence-electron chi connectivity index (χ2n) is 5.06. The van der Waals surface area contributed by atoms with Gasteiger partial charge in [-0.05, 0) is 12.8 Å². The van der Waals surface area contributed by atoms with Crippen LogP contribution < -0.4 is 0 Å². The Hall–Kier alpha value is -0.530. The monoisotopic (exact) mass is 211 g/mol. The number of rotatable bonds is 7. The van der Waals surface area contributed by atoms with Gasteiger partial charge in [0.2, 0.25) is 5.91 Å². The second kappa shape index (κ2) is 5.53. The number of carbonyl (C=O) groups excluding carboxylic acids is 1. The fourth-order valence-corrected chi connectivity index (χ4v) is 2.29. The predicted octanol–water partition coefficient (Wildman–Crippen LogP) is 3.22. The molecule has 1 amide bonds. The van der Waals surface area contributed by atoms with E-state index in [-0.39, 0.29) is 5.41 Å². The number of nitrogens with zero attached hydrogens (tertiary/aromatic N) is 1. The number of unbranched alkanes of at least 4 members (excludes halogenated alkanes) is 2. The third-order valence-electron chi connectivity index (χ3n) is 3.38. The van der Waals surface area contributed by atoms with Crippen LogP contribution in [0.3, 0.4) is 0 Å². The minimum absolute atomic E-state index is 0.0690. The number of amides is 1. The molecule has 0 aromatic rings. The highest BCUT2D eigenvalue weighted by Crippen LogP contribution is 2.34. The Kier molecular flexibility index (Phi) is 4.62. The van der Waals surface area contributed by atoms with Gasteiger partial charge in [0.05, 0.1) is 0 Å². The van der Waals surface area contributed by atoms with Crippen LogP contribution in [0, 0.1) is 5.41 Å². The van der Waals surface area contributed by atoms with Gasteiger partial charge in [0.1, 0.15) is 0 Å². The number of carbonyl (C=O) groups is 1. The zero-order valence-corrected chi connectivity index (χ0v) is 10.5. The van der Waals surface area contributed by atoms with Crippen LogP contribution in [0.1, 0.15) is 59.3 Å². The summed E-state index contributed by atoms with van der Waals surface area (Å²) >= 11 is 0. The normalized spacial score (nSPS) is 18.7. The first kappa shape index (κ1) is 12.5. The largest absolute Gasteiger partial charge is 0.339 e. The van der Waals surface area contributed by atoms with Crippen molar-refractivity contribution in [2.45, 2.75) is 59.3 Å². The fraction of sp³-hybridized carbons (Fsp3) is 0.923. The van der Waals surface area contributed by atoms with E-state index in [2.05, 4.69) is 20.8 Å². The van der Waals surface area contributed by atoms with Gasteiger partial charge in [0, 0.05) is 18.5 Å². The van der Waals surface area contributed by atoms with Gasteiger partial charge in [0.15, 0.2) is 0 Å². The van der Waals surface area contributed by atoms with Gasteiger partial charge in [-0.25, -0.2) is 0 Å². The average molecular weight is 211 g/mol. The molecule has 88 valence electrons. The van der Waals surface area contributed by atoms with E-state index < -0.39 is 0 Å². The fourth-order valence-electron chi connectivity index (χ4n) is 2.29. The molecule has 0 bridgehead atoms. The van der Waals surface area contributed by atoms with E-state index in [9.17, 15) is 4.79 Å². The quantitative estimate of drug-likeness (QED) is 0.467. The van der Waals surface area contributed by atoms with E-state index in [1.165, 1.54) is 19.3 Å². The highest BCUT2D eigenvalue weighted by atomic mass is 16.2. The molecule has 0 N–H and O–H groups in total. The van der Waals surface area contributed by atoms with Crippen molar-refractivity contribution in [3.8, 4) is 0 Å². The summed E-state index contributed by atoms with van der Waals surface area (Å²) in [6.45, 7) is 8.53. The molecule has 0 spiro atoms. The van der Waals surface area contributed by atoms with Crippen molar-refractivity contribution in [1.82, 2.24) is 4.90 Å². The molecular weight excluding hydrogens is 186 g/mol. The Bertz CT molecular complexity index is 211. The molecule has 1 atom stereocenters. The van der Waals surface area contributed by atoms with Crippen molar-refractivity contribution in [3.63, 3.8) is 0 Å². The summed E-state index contributed by atoms with van der Waals surface area (Å²) in [5, 5.41) is 0. The molecule has 1 aliphatic rings. The summed E-state index contributed by atoms with van der Waals surface area (Å²) in [5.41, 5.74) is -0.0690. The zero-order valence-electron chi connectivity index (χ0n) is 10.5. The van der Waals surface area contributed by atoms with E-state index in [4.69, 9.17) is 0 Å².